The van der Waals surface area contributed by atoms with Gasteiger partial charge in [0.15, 0.2) is 0 Å². The molecule has 0 unspecified atom stereocenters. The number of benzene rings is 2. The Morgan fingerprint density at radius 1 is 1.00 bits per heavy atom. The number of hydrogen-bond acceptors (Lipinski definition) is 3. The molecule has 0 spiro atoms. The summed E-state index contributed by atoms with van der Waals surface area (Å²) >= 11 is -0.826. The molecule has 2 aromatic rings. The minimum absolute atomic E-state index is 0.317. The van der Waals surface area contributed by atoms with Crippen molar-refractivity contribution >= 4 is 23.2 Å². The Bertz CT molecular complexity index is 952. The van der Waals surface area contributed by atoms with Crippen LogP contribution in [0, 0.1) is 23.7 Å². The Labute approximate surface area is 216 Å². The molecule has 33 heavy (non-hydrogen) atoms. The predicted molar refractivity (Wildman–Crippen MR) is 133 cm³/mol. The molecule has 0 amide bonds. The van der Waals surface area contributed by atoms with E-state index >= 15 is 0 Å². The van der Waals surface area contributed by atoms with E-state index < -0.39 is 20.8 Å². The molecule has 0 radical (unpaired) electrons. The van der Waals surface area contributed by atoms with Crippen molar-refractivity contribution in [1.29, 1.82) is 0 Å². The van der Waals surface area contributed by atoms with Gasteiger partial charge in [-0.15, -0.1) is 0 Å². The van der Waals surface area contributed by atoms with Crippen LogP contribution in [0.25, 0.3) is 0 Å². The Morgan fingerprint density at radius 2 is 1.58 bits per heavy atom. The van der Waals surface area contributed by atoms with Crippen LogP contribution in [-0.4, -0.2) is 24.5 Å². The minimum atomic E-state index is -0.826. The third-order valence-electron chi connectivity index (χ3n) is 8.08. The van der Waals surface area contributed by atoms with E-state index in [4.69, 9.17) is 26.8 Å². The summed E-state index contributed by atoms with van der Waals surface area (Å²) in [4.78, 5) is 5.08. The summed E-state index contributed by atoms with van der Waals surface area (Å²) in [6.07, 6.45) is 8.79. The molecule has 4 saturated carbocycles. The molecule has 0 heterocycles. The number of rotatable bonds is 5. The van der Waals surface area contributed by atoms with E-state index in [2.05, 4.69) is 26.0 Å². The normalized spacial score (nSPS) is 27.8. The number of methoxy groups -OCH3 is 1. The summed E-state index contributed by atoms with van der Waals surface area (Å²) in [6, 6.07) is 14.6. The molecule has 6 heteroatoms. The van der Waals surface area contributed by atoms with Gasteiger partial charge in [-0.3, -0.25) is 4.99 Å². The van der Waals surface area contributed by atoms with Crippen LogP contribution in [0.15, 0.2) is 47.5 Å². The van der Waals surface area contributed by atoms with E-state index in [1.807, 2.05) is 36.5 Å². The van der Waals surface area contributed by atoms with Crippen molar-refractivity contribution < 1.29 is 30.7 Å². The van der Waals surface area contributed by atoms with Crippen molar-refractivity contribution in [2.24, 2.45) is 28.7 Å². The standard InChI is InChI=1S/C27H33NO2.2ClH.Zr/c1-27(2,22-7-5-4-6-8-22)24-15-23(30-3)14-21(26(24)29)16-28-25-19-10-17-9-18(12-19)13-20(25)11-17;;;/h4-8,14-20,25,29H,9-13H2,1-3H3;2*1H;/q;;;+2/p-2. The van der Waals surface area contributed by atoms with Crippen molar-refractivity contribution in [2.75, 3.05) is 7.11 Å². The third-order valence-corrected chi connectivity index (χ3v) is 8.08. The van der Waals surface area contributed by atoms with Gasteiger partial charge >= 0.3 is 37.9 Å². The van der Waals surface area contributed by atoms with Gasteiger partial charge in [0.25, 0.3) is 0 Å². The maximum absolute atomic E-state index is 11.2. The fourth-order valence-corrected chi connectivity index (χ4v) is 6.64. The molecule has 2 aromatic carbocycles. The molecule has 4 aliphatic carbocycles. The number of aliphatic imine (C=N–C) groups is 1. The Balaban J connectivity index is 0.000000821. The Morgan fingerprint density at radius 3 is 2.12 bits per heavy atom. The first-order chi connectivity index (χ1) is 15.9. The molecule has 4 bridgehead atoms. The van der Waals surface area contributed by atoms with Gasteiger partial charge in [0.05, 0.1) is 13.2 Å². The van der Waals surface area contributed by atoms with Crippen molar-refractivity contribution in [3.8, 4) is 11.5 Å². The van der Waals surface area contributed by atoms with Gasteiger partial charge in [0, 0.05) is 22.8 Å². The topological polar surface area (TPSA) is 41.8 Å². The average Bonchev–Trinajstić information content (AvgIpc) is 2.80. The van der Waals surface area contributed by atoms with Gasteiger partial charge in [-0.05, 0) is 73.5 Å². The van der Waals surface area contributed by atoms with E-state index in [1.54, 1.807) is 7.11 Å². The van der Waals surface area contributed by atoms with Crippen LogP contribution in [0.4, 0.5) is 0 Å². The summed E-state index contributed by atoms with van der Waals surface area (Å²) in [6.45, 7) is 4.30. The first kappa shape index (κ1) is 25.3. The quantitative estimate of drug-likeness (QED) is 0.385. The SMILES string of the molecule is COc1cc(C=NC2C3CC4CC(C3)CC2C4)c(O)c(C(C)(C)c2ccccc2)c1.[Cl][Zr][Cl]. The fraction of sp³-hybridized carbons (Fsp3) is 0.519. The Kier molecular flexibility index (Phi) is 8.30. The first-order valence-corrected chi connectivity index (χ1v) is 18.2. The van der Waals surface area contributed by atoms with E-state index in [0.717, 1.165) is 46.1 Å². The average molecular weight is 566 g/mol. The molecule has 3 nitrogen and oxygen atoms in total. The summed E-state index contributed by atoms with van der Waals surface area (Å²) in [5.41, 5.74) is 2.46. The molecule has 0 aromatic heterocycles. The van der Waals surface area contributed by atoms with Crippen LogP contribution >= 0.6 is 17.0 Å². The van der Waals surface area contributed by atoms with Gasteiger partial charge in [0.1, 0.15) is 11.5 Å². The molecule has 0 atom stereocenters. The van der Waals surface area contributed by atoms with Crippen molar-refractivity contribution in [1.82, 2.24) is 0 Å². The molecule has 4 aliphatic rings. The number of phenolic OH excluding ortho intramolecular Hbond substituents is 1. The van der Waals surface area contributed by atoms with E-state index in [-0.39, 0.29) is 5.41 Å². The third kappa shape index (κ3) is 5.39. The first-order valence-electron chi connectivity index (χ1n) is 11.8. The second kappa shape index (κ2) is 10.8. The van der Waals surface area contributed by atoms with E-state index in [9.17, 15) is 5.11 Å². The fourth-order valence-electron chi connectivity index (χ4n) is 6.64. The number of nitrogens with zero attached hydrogens (tertiary/aromatic N) is 1. The van der Waals surface area contributed by atoms with E-state index in [0.29, 0.717) is 11.8 Å². The summed E-state index contributed by atoms with van der Waals surface area (Å²) in [5.74, 6) is 4.46. The zero-order valence-corrected chi connectivity index (χ0v) is 23.6. The number of ether oxygens (including phenoxy) is 1. The Hall–Kier alpha value is -0.827. The zero-order chi connectivity index (χ0) is 23.6. The van der Waals surface area contributed by atoms with Crippen molar-refractivity contribution in [3.05, 3.63) is 59.2 Å². The zero-order valence-electron chi connectivity index (χ0n) is 19.6. The summed E-state index contributed by atoms with van der Waals surface area (Å²) in [5, 5.41) is 11.2. The van der Waals surface area contributed by atoms with Crippen LogP contribution in [0.3, 0.4) is 0 Å². The van der Waals surface area contributed by atoms with Crippen LogP contribution in [-0.2, 0) is 26.3 Å². The molecule has 0 saturated heterocycles. The molecule has 0 aliphatic heterocycles. The number of aromatic hydroxyl groups is 1. The second-order valence-electron chi connectivity index (χ2n) is 10.4. The van der Waals surface area contributed by atoms with Gasteiger partial charge in [-0.2, -0.15) is 0 Å². The number of hydrogen-bond donors (Lipinski definition) is 1. The van der Waals surface area contributed by atoms with Crippen LogP contribution < -0.4 is 4.74 Å². The maximum atomic E-state index is 11.2. The molecule has 1 N–H and O–H groups in total. The molecule has 6 rings (SSSR count). The molecule has 4 fully saturated rings. The molecular weight excluding hydrogens is 532 g/mol. The number of phenols is 1. The van der Waals surface area contributed by atoms with Crippen LogP contribution in [0.2, 0.25) is 0 Å². The predicted octanol–water partition coefficient (Wildman–Crippen LogP) is 7.35. The van der Waals surface area contributed by atoms with Crippen molar-refractivity contribution in [3.63, 3.8) is 0 Å². The number of halogens is 2. The van der Waals surface area contributed by atoms with Crippen molar-refractivity contribution in [2.45, 2.75) is 57.4 Å². The second-order valence-corrected chi connectivity index (χ2v) is 14.1. The van der Waals surface area contributed by atoms with Crippen LogP contribution in [0.5, 0.6) is 11.5 Å². The molecule has 176 valence electrons. The summed E-state index contributed by atoms with van der Waals surface area (Å²) < 4.78 is 5.60. The van der Waals surface area contributed by atoms with Gasteiger partial charge < -0.3 is 9.84 Å². The van der Waals surface area contributed by atoms with Gasteiger partial charge in [0.2, 0.25) is 0 Å². The van der Waals surface area contributed by atoms with Crippen LogP contribution in [0.1, 0.15) is 62.6 Å². The van der Waals surface area contributed by atoms with Gasteiger partial charge in [-0.1, -0.05) is 44.2 Å². The molecular formula is C27H33Cl2NO2Zr. The summed E-state index contributed by atoms with van der Waals surface area (Å²) in [7, 11) is 11.6. The van der Waals surface area contributed by atoms with E-state index in [1.165, 1.54) is 32.1 Å². The monoisotopic (exact) mass is 563 g/mol. The van der Waals surface area contributed by atoms with Gasteiger partial charge in [-0.25, -0.2) is 0 Å².